The van der Waals surface area contributed by atoms with Crippen LogP contribution in [0.4, 0.5) is 0 Å². The van der Waals surface area contributed by atoms with Crippen molar-refractivity contribution in [3.05, 3.63) is 29.8 Å². The third-order valence-electron chi connectivity index (χ3n) is 2.68. The van der Waals surface area contributed by atoms with Gasteiger partial charge in [0.2, 0.25) is 0 Å². The van der Waals surface area contributed by atoms with Crippen LogP contribution >= 0.6 is 12.2 Å². The Morgan fingerprint density at radius 2 is 2.24 bits per heavy atom. The molecule has 0 saturated carbocycles. The van der Waals surface area contributed by atoms with Crippen molar-refractivity contribution in [3.63, 3.8) is 0 Å². The highest BCUT2D eigenvalue weighted by Crippen LogP contribution is 2.39. The minimum Gasteiger partial charge on any atom is -0.507 e. The Morgan fingerprint density at radius 1 is 1.53 bits per heavy atom. The normalized spacial score (nSPS) is 17.1. The molecule has 4 nitrogen and oxygen atoms in total. The molecule has 2 rings (SSSR count). The van der Waals surface area contributed by atoms with Crippen LogP contribution in [-0.4, -0.2) is 27.7 Å². The van der Waals surface area contributed by atoms with Gasteiger partial charge in [0.25, 0.3) is 0 Å². The van der Waals surface area contributed by atoms with Gasteiger partial charge in [-0.15, -0.1) is 0 Å². The van der Waals surface area contributed by atoms with E-state index in [-0.39, 0.29) is 5.76 Å². The fourth-order valence-corrected chi connectivity index (χ4v) is 1.97. The molecule has 2 heterocycles. The Morgan fingerprint density at radius 3 is 2.88 bits per heavy atom. The Kier molecular flexibility index (Phi) is 2.79. The monoisotopic (exact) mass is 250 g/mol. The second-order valence-corrected chi connectivity index (χ2v) is 4.70. The van der Waals surface area contributed by atoms with E-state index in [4.69, 9.17) is 17.0 Å². The lowest BCUT2D eigenvalue weighted by Gasteiger charge is -2.33. The van der Waals surface area contributed by atoms with Gasteiger partial charge < -0.3 is 15.2 Å². The molecular formula is C12H14N2O2S. The number of hydrogen-bond donors (Lipinski definition) is 2. The predicted molar refractivity (Wildman–Crippen MR) is 70.2 cm³/mol. The van der Waals surface area contributed by atoms with Gasteiger partial charge in [-0.05, 0) is 19.9 Å². The summed E-state index contributed by atoms with van der Waals surface area (Å²) in [4.78, 5) is 4.51. The van der Waals surface area contributed by atoms with Crippen molar-refractivity contribution in [2.75, 3.05) is 7.05 Å². The van der Waals surface area contributed by atoms with Crippen molar-refractivity contribution in [1.82, 2.24) is 10.3 Å². The van der Waals surface area contributed by atoms with Crippen LogP contribution in [0, 0.1) is 0 Å². The molecule has 0 aromatic carbocycles. The van der Waals surface area contributed by atoms with E-state index < -0.39 is 5.60 Å². The van der Waals surface area contributed by atoms with Gasteiger partial charge in [0, 0.05) is 25.0 Å². The molecule has 0 unspecified atom stereocenters. The molecule has 0 fully saturated rings. The van der Waals surface area contributed by atoms with Gasteiger partial charge in [-0.3, -0.25) is 4.98 Å². The number of thiocarbonyl (C=S) groups is 1. The van der Waals surface area contributed by atoms with Crippen molar-refractivity contribution >= 4 is 22.8 Å². The van der Waals surface area contributed by atoms with Crippen LogP contribution in [-0.2, 0) is 0 Å². The number of nitrogens with one attached hydrogen (secondary N) is 1. The number of hydrogen-bond acceptors (Lipinski definition) is 4. The van der Waals surface area contributed by atoms with E-state index in [1.807, 2.05) is 0 Å². The smallest absolute Gasteiger partial charge is 0.160 e. The maximum atomic E-state index is 10.2. The quantitative estimate of drug-likeness (QED) is 0.747. The van der Waals surface area contributed by atoms with Gasteiger partial charge in [0.05, 0.1) is 5.57 Å². The molecule has 0 radical (unpaired) electrons. The van der Waals surface area contributed by atoms with Crippen molar-refractivity contribution in [1.29, 1.82) is 0 Å². The zero-order chi connectivity index (χ0) is 12.6. The first-order valence-corrected chi connectivity index (χ1v) is 5.67. The summed E-state index contributed by atoms with van der Waals surface area (Å²) in [7, 11) is 1.72. The Hall–Kier alpha value is -1.62. The first kappa shape index (κ1) is 11.9. The standard InChI is InChI=1S/C12H14N2O2S/c1-12(2)10(15)9(11(17)13-3)7-6-14-5-4-8(7)16-12/h4-6,15H,1-3H3,(H,13,17). The lowest BCUT2D eigenvalue weighted by Crippen LogP contribution is -2.37. The largest absolute Gasteiger partial charge is 0.507 e. The van der Waals surface area contributed by atoms with Crippen LogP contribution in [0.15, 0.2) is 24.2 Å². The summed E-state index contributed by atoms with van der Waals surface area (Å²) in [5.41, 5.74) is 0.510. The van der Waals surface area contributed by atoms with E-state index in [0.717, 1.165) is 0 Å². The second kappa shape index (κ2) is 4.00. The van der Waals surface area contributed by atoms with Crippen molar-refractivity contribution < 1.29 is 9.84 Å². The van der Waals surface area contributed by atoms with E-state index >= 15 is 0 Å². The number of nitrogens with zero attached hydrogens (tertiary/aromatic N) is 1. The maximum Gasteiger partial charge on any atom is 0.160 e. The number of pyridine rings is 1. The van der Waals surface area contributed by atoms with Gasteiger partial charge in [0.15, 0.2) is 5.60 Å². The Labute approximate surface area is 105 Å². The highest BCUT2D eigenvalue weighted by molar-refractivity contribution is 7.81. The van der Waals surface area contributed by atoms with Crippen molar-refractivity contribution in [2.24, 2.45) is 0 Å². The summed E-state index contributed by atoms with van der Waals surface area (Å²) < 4.78 is 5.72. The van der Waals surface area contributed by atoms with Crippen LogP contribution < -0.4 is 10.1 Å². The van der Waals surface area contributed by atoms with Crippen molar-refractivity contribution in [2.45, 2.75) is 19.4 Å². The third kappa shape index (κ3) is 1.86. The summed E-state index contributed by atoms with van der Waals surface area (Å²) in [5, 5.41) is 13.1. The predicted octanol–water partition coefficient (Wildman–Crippen LogP) is 2.07. The number of fused-ring (bicyclic) bond motifs is 1. The van der Waals surface area contributed by atoms with Crippen LogP contribution in [0.2, 0.25) is 0 Å². The van der Waals surface area contributed by atoms with Crippen molar-refractivity contribution in [3.8, 4) is 5.75 Å². The van der Waals surface area contributed by atoms with Crippen LogP contribution in [0.25, 0.3) is 5.57 Å². The maximum absolute atomic E-state index is 10.2. The molecule has 2 N–H and O–H groups in total. The number of ether oxygens (including phenoxy) is 1. The number of likely N-dealkylation sites (N-methyl/N-ethyl adjacent to an activating group) is 1. The summed E-state index contributed by atoms with van der Waals surface area (Å²) in [5.74, 6) is 0.799. The summed E-state index contributed by atoms with van der Waals surface area (Å²) >= 11 is 5.22. The molecule has 1 aliphatic heterocycles. The zero-order valence-electron chi connectivity index (χ0n) is 9.94. The van der Waals surface area contributed by atoms with Gasteiger partial charge >= 0.3 is 0 Å². The van der Waals surface area contributed by atoms with Crippen LogP contribution in [0.3, 0.4) is 0 Å². The fraction of sp³-hybridized carbons (Fsp3) is 0.333. The first-order valence-electron chi connectivity index (χ1n) is 5.26. The molecule has 17 heavy (non-hydrogen) atoms. The molecule has 0 amide bonds. The Balaban J connectivity index is 2.68. The van der Waals surface area contributed by atoms with Gasteiger partial charge in [-0.25, -0.2) is 0 Å². The van der Waals surface area contributed by atoms with Gasteiger partial charge in [-0.2, -0.15) is 0 Å². The van der Waals surface area contributed by atoms with E-state index in [2.05, 4.69) is 10.3 Å². The summed E-state index contributed by atoms with van der Waals surface area (Å²) in [6.45, 7) is 3.59. The number of aliphatic hydroxyl groups excluding tert-OH is 1. The van der Waals surface area contributed by atoms with E-state index in [1.165, 1.54) is 0 Å². The highest BCUT2D eigenvalue weighted by atomic mass is 32.1. The summed E-state index contributed by atoms with van der Waals surface area (Å²) in [6, 6.07) is 1.77. The molecular weight excluding hydrogens is 236 g/mol. The molecule has 1 aromatic rings. The Bertz CT molecular complexity index is 509. The molecule has 1 aliphatic rings. The number of aromatic nitrogens is 1. The molecule has 1 aromatic heterocycles. The van der Waals surface area contributed by atoms with Crippen LogP contribution in [0.1, 0.15) is 19.4 Å². The average Bonchev–Trinajstić information content (AvgIpc) is 2.29. The lowest BCUT2D eigenvalue weighted by molar-refractivity contribution is 0.0926. The van der Waals surface area contributed by atoms with E-state index in [0.29, 0.717) is 21.9 Å². The summed E-state index contributed by atoms with van der Waals surface area (Å²) in [6.07, 6.45) is 3.29. The van der Waals surface area contributed by atoms with Crippen LogP contribution in [0.5, 0.6) is 5.75 Å². The molecule has 5 heteroatoms. The zero-order valence-corrected chi connectivity index (χ0v) is 10.8. The molecule has 90 valence electrons. The van der Waals surface area contributed by atoms with Gasteiger partial charge in [-0.1, -0.05) is 12.2 Å². The lowest BCUT2D eigenvalue weighted by atomic mass is 9.93. The second-order valence-electron chi connectivity index (χ2n) is 4.29. The first-order chi connectivity index (χ1) is 7.97. The third-order valence-corrected chi connectivity index (χ3v) is 3.08. The number of rotatable bonds is 1. The molecule has 0 bridgehead atoms. The average molecular weight is 250 g/mol. The molecule has 0 aliphatic carbocycles. The fourth-order valence-electron chi connectivity index (χ4n) is 1.77. The minimum atomic E-state index is -0.787. The molecule has 0 saturated heterocycles. The van der Waals surface area contributed by atoms with Gasteiger partial charge in [0.1, 0.15) is 16.5 Å². The number of aliphatic hydroxyl groups is 1. The van der Waals surface area contributed by atoms with E-state index in [9.17, 15) is 5.11 Å². The molecule has 0 spiro atoms. The SMILES string of the molecule is CNC(=S)C1=C(O)C(C)(C)Oc2ccncc21. The topological polar surface area (TPSA) is 54.4 Å². The highest BCUT2D eigenvalue weighted by Gasteiger charge is 2.36. The minimum absolute atomic E-state index is 0.123. The molecule has 0 atom stereocenters. The van der Waals surface area contributed by atoms with E-state index in [1.54, 1.807) is 39.4 Å².